The Balaban J connectivity index is 2.06. The molecule has 6 heteroatoms. The van der Waals surface area contributed by atoms with Crippen molar-refractivity contribution in [1.82, 2.24) is 4.98 Å². The fraction of sp³-hybridized carbons (Fsp3) is 0.286. The summed E-state index contributed by atoms with van der Waals surface area (Å²) in [6.07, 6.45) is 1.57. The number of hydrogen-bond acceptors (Lipinski definition) is 4. The number of carboxylic acids is 1. The number of rotatable bonds is 5. The van der Waals surface area contributed by atoms with Gasteiger partial charge in [-0.3, -0.25) is 0 Å². The minimum absolute atomic E-state index is 0.00705. The van der Waals surface area contributed by atoms with Crippen LogP contribution in [0.4, 0.5) is 0 Å². The Bertz CT molecular complexity index is 604. The molecule has 0 bridgehead atoms. The van der Waals surface area contributed by atoms with Gasteiger partial charge in [-0.25, -0.2) is 9.78 Å². The van der Waals surface area contributed by atoms with Crippen LogP contribution in [-0.2, 0) is 16.1 Å². The lowest BCUT2D eigenvalue weighted by molar-refractivity contribution is -0.163. The third-order valence-electron chi connectivity index (χ3n) is 2.75. The molecule has 0 saturated heterocycles. The van der Waals surface area contributed by atoms with Crippen molar-refractivity contribution in [2.45, 2.75) is 26.1 Å². The molecule has 0 amide bonds. The number of carbonyl (C=O) groups is 1. The molecule has 2 aromatic rings. The zero-order valence-corrected chi connectivity index (χ0v) is 11.8. The molecule has 5 nitrogen and oxygen atoms in total. The molecule has 106 valence electrons. The molecule has 1 aromatic carbocycles. The van der Waals surface area contributed by atoms with Gasteiger partial charge in [0.05, 0.1) is 6.20 Å². The molecule has 0 aliphatic heterocycles. The van der Waals surface area contributed by atoms with Crippen molar-refractivity contribution in [3.8, 4) is 11.3 Å². The number of aliphatic carboxylic acids is 1. The van der Waals surface area contributed by atoms with E-state index in [2.05, 4.69) is 4.98 Å². The second-order valence-electron chi connectivity index (χ2n) is 4.73. The Kier molecular flexibility index (Phi) is 4.11. The standard InChI is InChI=1S/C14H14ClNO4/c1-14(2,13(17)18)19-8-12-16-7-11(20-12)9-3-5-10(15)6-4-9/h3-7H,8H2,1-2H3,(H,17,18). The average Bonchev–Trinajstić information content (AvgIpc) is 2.86. The molecular weight excluding hydrogens is 282 g/mol. The minimum Gasteiger partial charge on any atom is -0.479 e. The van der Waals surface area contributed by atoms with Gasteiger partial charge >= 0.3 is 5.97 Å². The van der Waals surface area contributed by atoms with Crippen LogP contribution in [0.5, 0.6) is 0 Å². The zero-order chi connectivity index (χ0) is 14.8. The minimum atomic E-state index is -1.28. The first kappa shape index (κ1) is 14.6. The molecule has 1 N–H and O–H groups in total. The number of nitrogens with zero attached hydrogens (tertiary/aromatic N) is 1. The highest BCUT2D eigenvalue weighted by Crippen LogP contribution is 2.23. The van der Waals surface area contributed by atoms with E-state index in [9.17, 15) is 4.79 Å². The Hall–Kier alpha value is -1.85. The fourth-order valence-electron chi connectivity index (χ4n) is 1.43. The lowest BCUT2D eigenvalue weighted by atomic mass is 10.1. The van der Waals surface area contributed by atoms with Crippen LogP contribution in [0.25, 0.3) is 11.3 Å². The van der Waals surface area contributed by atoms with Crippen molar-refractivity contribution in [2.24, 2.45) is 0 Å². The van der Waals surface area contributed by atoms with Gasteiger partial charge in [-0.15, -0.1) is 0 Å². The predicted molar refractivity (Wildman–Crippen MR) is 73.5 cm³/mol. The Morgan fingerprint density at radius 1 is 1.40 bits per heavy atom. The molecule has 0 unspecified atom stereocenters. The number of oxazole rings is 1. The number of benzene rings is 1. The molecule has 0 radical (unpaired) electrons. The van der Waals surface area contributed by atoms with Crippen molar-refractivity contribution in [2.75, 3.05) is 0 Å². The van der Waals surface area contributed by atoms with Crippen LogP contribution in [-0.4, -0.2) is 21.7 Å². The van der Waals surface area contributed by atoms with Gasteiger partial charge in [0.15, 0.2) is 11.4 Å². The van der Waals surface area contributed by atoms with Crippen molar-refractivity contribution < 1.29 is 19.1 Å². The maximum atomic E-state index is 10.9. The lowest BCUT2D eigenvalue weighted by Crippen LogP contribution is -2.34. The maximum absolute atomic E-state index is 10.9. The molecule has 0 atom stereocenters. The summed E-state index contributed by atoms with van der Waals surface area (Å²) in [7, 11) is 0. The van der Waals surface area contributed by atoms with Gasteiger partial charge in [0, 0.05) is 10.6 Å². The summed E-state index contributed by atoms with van der Waals surface area (Å²) in [5.74, 6) is -0.139. The molecule has 1 aromatic heterocycles. The summed E-state index contributed by atoms with van der Waals surface area (Å²) in [4.78, 5) is 15.0. The normalized spacial score (nSPS) is 11.6. The van der Waals surface area contributed by atoms with E-state index in [4.69, 9.17) is 25.9 Å². The van der Waals surface area contributed by atoms with Gasteiger partial charge < -0.3 is 14.3 Å². The van der Waals surface area contributed by atoms with E-state index >= 15 is 0 Å². The largest absolute Gasteiger partial charge is 0.479 e. The summed E-state index contributed by atoms with van der Waals surface area (Å²) in [6, 6.07) is 7.13. The Morgan fingerprint density at radius 3 is 2.65 bits per heavy atom. The molecule has 20 heavy (non-hydrogen) atoms. The first-order chi connectivity index (χ1) is 9.38. The Labute approximate surface area is 121 Å². The first-order valence-electron chi connectivity index (χ1n) is 5.96. The van der Waals surface area contributed by atoms with Gasteiger partial charge in [0.1, 0.15) is 6.61 Å². The van der Waals surface area contributed by atoms with Crippen molar-refractivity contribution >= 4 is 17.6 Å². The number of ether oxygens (including phenoxy) is 1. The zero-order valence-electron chi connectivity index (χ0n) is 11.1. The van der Waals surface area contributed by atoms with E-state index in [1.807, 2.05) is 12.1 Å². The molecular formula is C14H14ClNO4. The summed E-state index contributed by atoms with van der Waals surface area (Å²) in [6.45, 7) is 2.93. The fourth-order valence-corrected chi connectivity index (χ4v) is 1.55. The third kappa shape index (κ3) is 3.37. The summed E-state index contributed by atoms with van der Waals surface area (Å²) in [5, 5.41) is 9.58. The van der Waals surface area contributed by atoms with E-state index < -0.39 is 11.6 Å². The summed E-state index contributed by atoms with van der Waals surface area (Å²) >= 11 is 5.81. The van der Waals surface area contributed by atoms with E-state index in [0.717, 1.165) is 5.56 Å². The van der Waals surface area contributed by atoms with Crippen molar-refractivity contribution in [1.29, 1.82) is 0 Å². The van der Waals surface area contributed by atoms with E-state index in [1.165, 1.54) is 13.8 Å². The molecule has 1 heterocycles. The quantitative estimate of drug-likeness (QED) is 0.915. The van der Waals surface area contributed by atoms with Gasteiger partial charge in [-0.2, -0.15) is 0 Å². The van der Waals surface area contributed by atoms with Gasteiger partial charge in [-0.1, -0.05) is 11.6 Å². The van der Waals surface area contributed by atoms with E-state index in [1.54, 1.807) is 18.3 Å². The van der Waals surface area contributed by atoms with Crippen LogP contribution in [0.2, 0.25) is 5.02 Å². The number of aromatic nitrogens is 1. The van der Waals surface area contributed by atoms with Crippen LogP contribution in [0.3, 0.4) is 0 Å². The maximum Gasteiger partial charge on any atom is 0.335 e. The number of carboxylic acid groups (broad SMARTS) is 1. The molecule has 0 fully saturated rings. The van der Waals surface area contributed by atoms with Gasteiger partial charge in [0.2, 0.25) is 5.89 Å². The number of hydrogen-bond donors (Lipinski definition) is 1. The molecule has 2 rings (SSSR count). The van der Waals surface area contributed by atoms with Crippen LogP contribution < -0.4 is 0 Å². The molecule has 0 aliphatic rings. The Morgan fingerprint density at radius 2 is 2.05 bits per heavy atom. The molecule has 0 aliphatic carbocycles. The first-order valence-corrected chi connectivity index (χ1v) is 6.34. The van der Waals surface area contributed by atoms with Gasteiger partial charge in [0.25, 0.3) is 0 Å². The van der Waals surface area contributed by atoms with Crippen LogP contribution in [0.15, 0.2) is 34.9 Å². The highest BCUT2D eigenvalue weighted by molar-refractivity contribution is 6.30. The summed E-state index contributed by atoms with van der Waals surface area (Å²) < 4.78 is 10.8. The van der Waals surface area contributed by atoms with E-state index in [-0.39, 0.29) is 6.61 Å². The summed E-state index contributed by atoms with van der Waals surface area (Å²) in [5.41, 5.74) is -0.444. The highest BCUT2D eigenvalue weighted by Gasteiger charge is 2.28. The van der Waals surface area contributed by atoms with Crippen molar-refractivity contribution in [3.63, 3.8) is 0 Å². The second kappa shape index (κ2) is 5.64. The predicted octanol–water partition coefficient (Wildman–Crippen LogP) is 3.37. The average molecular weight is 296 g/mol. The molecule has 0 saturated carbocycles. The van der Waals surface area contributed by atoms with Crippen LogP contribution in [0, 0.1) is 0 Å². The second-order valence-corrected chi connectivity index (χ2v) is 5.17. The lowest BCUT2D eigenvalue weighted by Gasteiger charge is -2.18. The van der Waals surface area contributed by atoms with Gasteiger partial charge in [-0.05, 0) is 38.1 Å². The highest BCUT2D eigenvalue weighted by atomic mass is 35.5. The molecule has 0 spiro atoms. The van der Waals surface area contributed by atoms with Crippen LogP contribution >= 0.6 is 11.6 Å². The number of halogens is 1. The SMILES string of the molecule is CC(C)(OCc1ncc(-c2ccc(Cl)cc2)o1)C(=O)O. The van der Waals surface area contributed by atoms with E-state index in [0.29, 0.717) is 16.7 Å². The monoisotopic (exact) mass is 295 g/mol. The topological polar surface area (TPSA) is 72.6 Å². The third-order valence-corrected chi connectivity index (χ3v) is 3.01. The smallest absolute Gasteiger partial charge is 0.335 e. The van der Waals surface area contributed by atoms with Crippen molar-refractivity contribution in [3.05, 3.63) is 41.4 Å². The van der Waals surface area contributed by atoms with Crippen LogP contribution in [0.1, 0.15) is 19.7 Å².